The minimum atomic E-state index is -0.247. The number of ketones is 1. The van der Waals surface area contributed by atoms with Crippen molar-refractivity contribution in [3.63, 3.8) is 0 Å². The molecule has 1 aromatic heterocycles. The Kier molecular flexibility index (Phi) is 5.44. The van der Waals surface area contributed by atoms with E-state index < -0.39 is 0 Å². The van der Waals surface area contributed by atoms with Gasteiger partial charge in [-0.1, -0.05) is 79.2 Å². The topological polar surface area (TPSA) is 59.8 Å². The lowest BCUT2D eigenvalue weighted by Crippen LogP contribution is -2.36. The number of hydrogen-bond acceptors (Lipinski definition) is 5. The van der Waals surface area contributed by atoms with Crippen LogP contribution in [0.4, 0.5) is 5.95 Å². The van der Waals surface area contributed by atoms with Crippen LogP contribution in [0.15, 0.2) is 58.9 Å². The second-order valence-corrected chi connectivity index (χ2v) is 11.1. The first-order valence-electron chi connectivity index (χ1n) is 11.5. The van der Waals surface area contributed by atoms with E-state index in [-0.39, 0.29) is 17.2 Å². The smallest absolute Gasteiger partial charge is 0.227 e. The largest absolute Gasteiger partial charge is 0.328 e. The lowest BCUT2D eigenvalue weighted by atomic mass is 9.73. The summed E-state index contributed by atoms with van der Waals surface area (Å²) >= 11 is 1.64. The zero-order valence-electron chi connectivity index (χ0n) is 19.9. The lowest BCUT2D eigenvalue weighted by molar-refractivity contribution is -0.118. The number of benzene rings is 2. The Labute approximate surface area is 199 Å². The van der Waals surface area contributed by atoms with E-state index in [9.17, 15) is 4.79 Å². The molecule has 5 nitrogen and oxygen atoms in total. The molecule has 5 rings (SSSR count). The maximum atomic E-state index is 13.3. The molecule has 0 bridgehead atoms. The summed E-state index contributed by atoms with van der Waals surface area (Å²) in [4.78, 5) is 18.2. The Morgan fingerprint density at radius 1 is 1.06 bits per heavy atom. The quantitative estimate of drug-likeness (QED) is 0.475. The van der Waals surface area contributed by atoms with Crippen molar-refractivity contribution in [2.75, 3.05) is 5.32 Å². The highest BCUT2D eigenvalue weighted by molar-refractivity contribution is 7.98. The number of fused-ring (bicyclic) bond motifs is 1. The van der Waals surface area contributed by atoms with Gasteiger partial charge < -0.3 is 5.32 Å². The van der Waals surface area contributed by atoms with Crippen LogP contribution in [0.3, 0.4) is 0 Å². The van der Waals surface area contributed by atoms with Gasteiger partial charge in [-0.25, -0.2) is 4.68 Å². The average molecular weight is 459 g/mol. The highest BCUT2D eigenvalue weighted by Gasteiger charge is 2.41. The standard InChI is InChI=1S/C27H30N4OS/c1-16-7-10-19(11-8-16)24-23-21(13-27(4,5)14-22(23)32)28-25-29-26(30-31(24)25)33-15-20-12-17(2)6-9-18(20)3/h6-12,24H,13-15H2,1-5H3,(H,28,29,30)/t24-/m0/s1. The number of rotatable bonds is 4. The van der Waals surface area contributed by atoms with E-state index in [4.69, 9.17) is 10.1 Å². The van der Waals surface area contributed by atoms with Crippen LogP contribution in [0, 0.1) is 26.2 Å². The second-order valence-electron chi connectivity index (χ2n) is 10.2. The van der Waals surface area contributed by atoms with Crippen molar-refractivity contribution in [3.8, 4) is 0 Å². The predicted molar refractivity (Wildman–Crippen MR) is 133 cm³/mol. The molecule has 0 amide bonds. The van der Waals surface area contributed by atoms with Gasteiger partial charge in [0.05, 0.1) is 0 Å². The highest BCUT2D eigenvalue weighted by Crippen LogP contribution is 2.45. The molecule has 3 aromatic rings. The molecule has 0 saturated heterocycles. The van der Waals surface area contributed by atoms with Crippen LogP contribution in [0.1, 0.15) is 60.5 Å². The predicted octanol–water partition coefficient (Wildman–Crippen LogP) is 6.15. The maximum absolute atomic E-state index is 13.3. The van der Waals surface area contributed by atoms with Gasteiger partial charge in [-0.3, -0.25) is 4.79 Å². The van der Waals surface area contributed by atoms with E-state index in [0.717, 1.165) is 34.2 Å². The van der Waals surface area contributed by atoms with E-state index in [1.54, 1.807) is 11.8 Å². The van der Waals surface area contributed by atoms with Crippen LogP contribution in [0.2, 0.25) is 0 Å². The summed E-state index contributed by atoms with van der Waals surface area (Å²) in [6.07, 6.45) is 1.38. The van der Waals surface area contributed by atoms with Gasteiger partial charge in [0.1, 0.15) is 6.04 Å². The molecule has 2 heterocycles. The summed E-state index contributed by atoms with van der Waals surface area (Å²) in [5.74, 6) is 1.73. The van der Waals surface area contributed by atoms with Crippen molar-refractivity contribution in [2.24, 2.45) is 5.41 Å². The number of carbonyl (C=O) groups is 1. The average Bonchev–Trinajstić information content (AvgIpc) is 3.15. The monoisotopic (exact) mass is 458 g/mol. The third-order valence-electron chi connectivity index (χ3n) is 6.57. The molecule has 0 unspecified atom stereocenters. The molecule has 1 aliphatic heterocycles. The molecular formula is C27H30N4OS. The van der Waals surface area contributed by atoms with Crippen molar-refractivity contribution in [1.29, 1.82) is 0 Å². The number of thioether (sulfide) groups is 1. The van der Waals surface area contributed by atoms with Crippen LogP contribution in [0.5, 0.6) is 0 Å². The second kappa shape index (κ2) is 8.17. The Morgan fingerprint density at radius 2 is 1.79 bits per heavy atom. The van der Waals surface area contributed by atoms with Crippen LogP contribution in [-0.4, -0.2) is 20.5 Å². The van der Waals surface area contributed by atoms with Crippen molar-refractivity contribution in [3.05, 3.63) is 81.6 Å². The Balaban J connectivity index is 1.52. The van der Waals surface area contributed by atoms with Gasteiger partial charge in [-0.05, 0) is 49.3 Å². The van der Waals surface area contributed by atoms with E-state index in [2.05, 4.69) is 82.4 Å². The fraction of sp³-hybridized carbons (Fsp3) is 0.370. The minimum absolute atomic E-state index is 0.0663. The first kappa shape index (κ1) is 22.0. The van der Waals surface area contributed by atoms with Gasteiger partial charge >= 0.3 is 0 Å². The number of aromatic nitrogens is 3. The molecule has 0 fully saturated rings. The number of anilines is 1. The summed E-state index contributed by atoms with van der Waals surface area (Å²) in [5.41, 5.74) is 7.86. The molecule has 2 aromatic carbocycles. The zero-order valence-corrected chi connectivity index (χ0v) is 20.7. The third kappa shape index (κ3) is 4.24. The Bertz CT molecular complexity index is 1270. The number of carbonyl (C=O) groups excluding carboxylic acids is 1. The van der Waals surface area contributed by atoms with Gasteiger partial charge in [0.25, 0.3) is 0 Å². The van der Waals surface area contributed by atoms with E-state index in [1.807, 2.05) is 4.68 Å². The number of Topliss-reactive ketones (excluding diaryl/α,β-unsaturated/α-hetero) is 1. The number of hydrogen-bond donors (Lipinski definition) is 1. The van der Waals surface area contributed by atoms with Gasteiger partial charge in [-0.15, -0.1) is 5.10 Å². The summed E-state index contributed by atoms with van der Waals surface area (Å²) in [5, 5.41) is 9.07. The summed E-state index contributed by atoms with van der Waals surface area (Å²) < 4.78 is 1.91. The molecule has 6 heteroatoms. The molecule has 1 atom stereocenters. The number of nitrogens with one attached hydrogen (secondary N) is 1. The molecule has 0 spiro atoms. The molecule has 0 radical (unpaired) electrons. The normalized spacial score (nSPS) is 19.2. The van der Waals surface area contributed by atoms with E-state index >= 15 is 0 Å². The zero-order chi connectivity index (χ0) is 23.3. The minimum Gasteiger partial charge on any atom is -0.328 e. The summed E-state index contributed by atoms with van der Waals surface area (Å²) in [6.45, 7) is 10.6. The van der Waals surface area contributed by atoms with Crippen molar-refractivity contribution in [2.45, 2.75) is 64.4 Å². The fourth-order valence-corrected chi connectivity index (χ4v) is 5.70. The van der Waals surface area contributed by atoms with Gasteiger partial charge in [0.15, 0.2) is 5.78 Å². The van der Waals surface area contributed by atoms with Crippen molar-refractivity contribution >= 4 is 23.5 Å². The van der Waals surface area contributed by atoms with E-state index in [0.29, 0.717) is 12.4 Å². The van der Waals surface area contributed by atoms with Gasteiger partial charge in [-0.2, -0.15) is 4.98 Å². The van der Waals surface area contributed by atoms with Crippen LogP contribution in [0.25, 0.3) is 0 Å². The van der Waals surface area contributed by atoms with E-state index in [1.165, 1.54) is 22.3 Å². The summed E-state index contributed by atoms with van der Waals surface area (Å²) in [6, 6.07) is 14.7. The molecule has 1 aliphatic carbocycles. The first-order chi connectivity index (χ1) is 15.7. The fourth-order valence-electron chi connectivity index (χ4n) is 4.81. The molecule has 2 aliphatic rings. The highest BCUT2D eigenvalue weighted by atomic mass is 32.2. The number of allylic oxidation sites excluding steroid dienone is 2. The number of nitrogens with zero attached hydrogens (tertiary/aromatic N) is 3. The first-order valence-corrected chi connectivity index (χ1v) is 12.4. The molecule has 33 heavy (non-hydrogen) atoms. The van der Waals surface area contributed by atoms with Gasteiger partial charge in [0, 0.05) is 23.4 Å². The van der Waals surface area contributed by atoms with Crippen molar-refractivity contribution in [1.82, 2.24) is 14.8 Å². The molecular weight excluding hydrogens is 428 g/mol. The third-order valence-corrected chi connectivity index (χ3v) is 7.45. The van der Waals surface area contributed by atoms with Crippen LogP contribution in [-0.2, 0) is 10.5 Å². The van der Waals surface area contributed by atoms with Crippen molar-refractivity contribution < 1.29 is 4.79 Å². The maximum Gasteiger partial charge on any atom is 0.227 e. The SMILES string of the molecule is Cc1ccc([C@H]2C3=C(CC(C)(C)CC3=O)Nc3nc(SCc4cc(C)ccc4C)nn32)cc1. The lowest BCUT2D eigenvalue weighted by Gasteiger charge is -2.38. The van der Waals surface area contributed by atoms with Gasteiger partial charge in [0.2, 0.25) is 11.1 Å². The molecule has 170 valence electrons. The number of aryl methyl sites for hydroxylation is 3. The van der Waals surface area contributed by atoms with Crippen LogP contribution >= 0.6 is 11.8 Å². The summed E-state index contributed by atoms with van der Waals surface area (Å²) in [7, 11) is 0. The molecule has 0 saturated carbocycles. The Morgan fingerprint density at radius 3 is 2.55 bits per heavy atom. The molecule has 1 N–H and O–H groups in total. The van der Waals surface area contributed by atoms with Crippen LogP contribution < -0.4 is 5.32 Å². The Hall–Kier alpha value is -2.86.